The Kier molecular flexibility index (Phi) is 4.15. The summed E-state index contributed by atoms with van der Waals surface area (Å²) in [5, 5.41) is 0. The molecule has 0 aliphatic carbocycles. The van der Waals surface area contributed by atoms with Crippen molar-refractivity contribution in [3.05, 3.63) is 23.0 Å². The van der Waals surface area contributed by atoms with Crippen molar-refractivity contribution in [1.82, 2.24) is 4.57 Å². The van der Waals surface area contributed by atoms with Crippen molar-refractivity contribution in [2.24, 2.45) is 7.05 Å². The first-order valence-electron chi connectivity index (χ1n) is 6.08. The number of aryl methyl sites for hydroxylation is 1. The van der Waals surface area contributed by atoms with Gasteiger partial charge >= 0.3 is 0 Å². The molecule has 0 bridgehead atoms. The van der Waals surface area contributed by atoms with Crippen molar-refractivity contribution in [1.29, 1.82) is 0 Å². The zero-order chi connectivity index (χ0) is 13.2. The molecule has 1 heterocycles. The fourth-order valence-electron chi connectivity index (χ4n) is 1.58. The number of Topliss-reactive ketones (excluding diaryl/α,β-unsaturated/α-hetero) is 1. The molecule has 1 aromatic rings. The monoisotopic (exact) mass is 237 g/mol. The summed E-state index contributed by atoms with van der Waals surface area (Å²) in [7, 11) is 1.97. The van der Waals surface area contributed by atoms with E-state index in [9.17, 15) is 4.79 Å². The van der Waals surface area contributed by atoms with E-state index in [1.807, 2.05) is 45.4 Å². The average Bonchev–Trinajstić information content (AvgIpc) is 2.54. The van der Waals surface area contributed by atoms with E-state index < -0.39 is 0 Å². The summed E-state index contributed by atoms with van der Waals surface area (Å²) in [5.41, 5.74) is 2.65. The van der Waals surface area contributed by atoms with Crippen LogP contribution in [-0.2, 0) is 11.8 Å². The van der Waals surface area contributed by atoms with Gasteiger partial charge in [0, 0.05) is 24.0 Å². The number of aromatic nitrogens is 1. The smallest absolute Gasteiger partial charge is 0.190 e. The molecule has 96 valence electrons. The van der Waals surface area contributed by atoms with E-state index in [1.54, 1.807) is 0 Å². The lowest BCUT2D eigenvalue weighted by Crippen LogP contribution is -2.26. The molecule has 0 unspecified atom stereocenters. The van der Waals surface area contributed by atoms with Crippen molar-refractivity contribution >= 4 is 5.78 Å². The zero-order valence-electron chi connectivity index (χ0n) is 11.8. The van der Waals surface area contributed by atoms with Crippen molar-refractivity contribution < 1.29 is 9.53 Å². The Labute approximate surface area is 104 Å². The lowest BCUT2D eigenvalue weighted by Gasteiger charge is -2.22. The van der Waals surface area contributed by atoms with Crippen molar-refractivity contribution in [3.63, 3.8) is 0 Å². The second kappa shape index (κ2) is 5.05. The molecule has 0 aromatic carbocycles. The molecule has 0 fully saturated rings. The van der Waals surface area contributed by atoms with Crippen LogP contribution >= 0.6 is 0 Å². The Bertz CT molecular complexity index is 416. The van der Waals surface area contributed by atoms with E-state index in [-0.39, 0.29) is 18.0 Å². The highest BCUT2D eigenvalue weighted by Gasteiger charge is 2.20. The van der Waals surface area contributed by atoms with Crippen LogP contribution < -0.4 is 0 Å². The fraction of sp³-hybridized carbons (Fsp3) is 0.643. The van der Waals surface area contributed by atoms with E-state index in [4.69, 9.17) is 4.74 Å². The van der Waals surface area contributed by atoms with Gasteiger partial charge in [-0.15, -0.1) is 0 Å². The molecule has 17 heavy (non-hydrogen) atoms. The Balaban J connectivity index is 2.74. The summed E-state index contributed by atoms with van der Waals surface area (Å²) in [6.07, 6.45) is 0.896. The largest absolute Gasteiger partial charge is 0.367 e. The molecule has 0 radical (unpaired) electrons. The topological polar surface area (TPSA) is 31.2 Å². The first-order valence-corrected chi connectivity index (χ1v) is 6.08. The maximum atomic E-state index is 12.1. The quantitative estimate of drug-likeness (QED) is 0.737. The third kappa shape index (κ3) is 3.19. The summed E-state index contributed by atoms with van der Waals surface area (Å²) in [4.78, 5) is 12.1. The van der Waals surface area contributed by atoms with Gasteiger partial charge in [0.1, 0.15) is 6.61 Å². The van der Waals surface area contributed by atoms with Gasteiger partial charge in [0.05, 0.1) is 5.60 Å². The van der Waals surface area contributed by atoms with Crippen LogP contribution in [0.25, 0.3) is 0 Å². The Hall–Kier alpha value is -1.09. The molecule has 0 saturated carbocycles. The first kappa shape index (κ1) is 14.0. The maximum Gasteiger partial charge on any atom is 0.190 e. The normalized spacial score (nSPS) is 11.9. The van der Waals surface area contributed by atoms with Crippen LogP contribution in [0, 0.1) is 13.8 Å². The maximum absolute atomic E-state index is 12.1. The number of ketones is 1. The van der Waals surface area contributed by atoms with Crippen LogP contribution in [0.4, 0.5) is 0 Å². The van der Waals surface area contributed by atoms with E-state index in [0.29, 0.717) is 0 Å². The molecule has 1 aromatic heterocycles. The fourth-order valence-corrected chi connectivity index (χ4v) is 1.58. The Morgan fingerprint density at radius 3 is 2.41 bits per heavy atom. The molecule has 3 nitrogen and oxygen atoms in total. The van der Waals surface area contributed by atoms with Gasteiger partial charge in [-0.2, -0.15) is 0 Å². The molecule has 0 N–H and O–H groups in total. The molecule has 0 aliphatic rings. The summed E-state index contributed by atoms with van der Waals surface area (Å²) in [6, 6.07) is 1.93. The highest BCUT2D eigenvalue weighted by atomic mass is 16.5. The minimum absolute atomic E-state index is 0.0627. The van der Waals surface area contributed by atoms with E-state index in [0.717, 1.165) is 23.4 Å². The molecule has 3 heteroatoms. The van der Waals surface area contributed by atoms with Crippen LogP contribution in [0.5, 0.6) is 0 Å². The number of hydrogen-bond acceptors (Lipinski definition) is 2. The van der Waals surface area contributed by atoms with Crippen molar-refractivity contribution in [2.45, 2.75) is 46.6 Å². The van der Waals surface area contributed by atoms with Crippen LogP contribution in [-0.4, -0.2) is 22.6 Å². The summed E-state index contributed by atoms with van der Waals surface area (Å²) in [6.45, 7) is 10.2. The number of carbonyl (C=O) groups is 1. The van der Waals surface area contributed by atoms with Gasteiger partial charge in [-0.05, 0) is 40.2 Å². The Morgan fingerprint density at radius 2 is 2.00 bits per heavy atom. The highest BCUT2D eigenvalue weighted by Crippen LogP contribution is 2.17. The van der Waals surface area contributed by atoms with E-state index >= 15 is 0 Å². The van der Waals surface area contributed by atoms with Gasteiger partial charge in [-0.1, -0.05) is 6.92 Å². The lowest BCUT2D eigenvalue weighted by atomic mass is 10.1. The van der Waals surface area contributed by atoms with Gasteiger partial charge in [0.15, 0.2) is 5.78 Å². The van der Waals surface area contributed by atoms with E-state index in [1.165, 1.54) is 0 Å². The molecular weight excluding hydrogens is 214 g/mol. The highest BCUT2D eigenvalue weighted by molar-refractivity contribution is 5.98. The molecule has 0 spiro atoms. The summed E-state index contributed by atoms with van der Waals surface area (Å²) >= 11 is 0. The molecule has 1 rings (SSSR count). The second-order valence-electron chi connectivity index (χ2n) is 5.17. The van der Waals surface area contributed by atoms with Crippen molar-refractivity contribution in [2.75, 3.05) is 6.61 Å². The van der Waals surface area contributed by atoms with Gasteiger partial charge in [-0.3, -0.25) is 4.79 Å². The minimum atomic E-state index is -0.229. The van der Waals surface area contributed by atoms with Crippen molar-refractivity contribution in [3.8, 4) is 0 Å². The summed E-state index contributed by atoms with van der Waals surface area (Å²) in [5.74, 6) is 0.0627. The SMILES string of the molecule is CCC(C)(C)OCC(=O)c1cc(C)n(C)c1C. The average molecular weight is 237 g/mol. The predicted molar refractivity (Wildman–Crippen MR) is 69.5 cm³/mol. The minimum Gasteiger partial charge on any atom is -0.367 e. The predicted octanol–water partition coefficient (Wildman–Crippen LogP) is 3.03. The number of hydrogen-bond donors (Lipinski definition) is 0. The molecular formula is C14H23NO2. The molecule has 0 aliphatic heterocycles. The van der Waals surface area contributed by atoms with Crippen LogP contribution in [0.15, 0.2) is 6.07 Å². The van der Waals surface area contributed by atoms with Gasteiger partial charge < -0.3 is 9.30 Å². The first-order chi connectivity index (χ1) is 7.78. The molecule has 0 saturated heterocycles. The second-order valence-corrected chi connectivity index (χ2v) is 5.17. The zero-order valence-corrected chi connectivity index (χ0v) is 11.8. The molecule has 0 amide bonds. The van der Waals surface area contributed by atoms with Crippen LogP contribution in [0.2, 0.25) is 0 Å². The van der Waals surface area contributed by atoms with Gasteiger partial charge in [0.2, 0.25) is 0 Å². The van der Waals surface area contributed by atoms with E-state index in [2.05, 4.69) is 6.92 Å². The number of carbonyl (C=O) groups excluding carboxylic acids is 1. The third-order valence-corrected chi connectivity index (χ3v) is 3.52. The Morgan fingerprint density at radius 1 is 1.41 bits per heavy atom. The third-order valence-electron chi connectivity index (χ3n) is 3.52. The van der Waals surface area contributed by atoms with Crippen LogP contribution in [0.3, 0.4) is 0 Å². The number of nitrogens with zero attached hydrogens (tertiary/aromatic N) is 1. The summed E-state index contributed by atoms with van der Waals surface area (Å²) < 4.78 is 7.67. The lowest BCUT2D eigenvalue weighted by molar-refractivity contribution is -0.0122. The van der Waals surface area contributed by atoms with Gasteiger partial charge in [0.25, 0.3) is 0 Å². The van der Waals surface area contributed by atoms with Gasteiger partial charge in [-0.25, -0.2) is 0 Å². The number of rotatable bonds is 5. The molecule has 0 atom stereocenters. The van der Waals surface area contributed by atoms with Crippen LogP contribution in [0.1, 0.15) is 48.9 Å². The standard InChI is InChI=1S/C14H23NO2/c1-7-14(4,5)17-9-13(16)12-8-10(2)15(6)11(12)3/h8H,7,9H2,1-6H3. The number of ether oxygens (including phenoxy) is 1.